The molecule has 0 aliphatic heterocycles. The molecule has 1 saturated carbocycles. The first-order valence-corrected chi connectivity index (χ1v) is 6.88. The monoisotopic (exact) mass is 275 g/mol. The Morgan fingerprint density at radius 2 is 1.95 bits per heavy atom. The molecular formula is C16H15ClFN. The third kappa shape index (κ3) is 2.90. The molecule has 1 nitrogen and oxygen atoms in total. The first-order valence-electron chi connectivity index (χ1n) is 6.51. The molecule has 1 aliphatic carbocycles. The minimum atomic E-state index is -0.314. The van der Waals surface area contributed by atoms with Gasteiger partial charge < -0.3 is 5.32 Å². The summed E-state index contributed by atoms with van der Waals surface area (Å²) in [6.45, 7) is 0.585. The second kappa shape index (κ2) is 5.22. The molecule has 0 radical (unpaired) electrons. The highest BCUT2D eigenvalue weighted by molar-refractivity contribution is 6.33. The van der Waals surface area contributed by atoms with E-state index in [1.807, 2.05) is 6.07 Å². The third-order valence-corrected chi connectivity index (χ3v) is 3.75. The van der Waals surface area contributed by atoms with Crippen LogP contribution in [0.1, 0.15) is 29.9 Å². The number of nitrogens with one attached hydrogen (secondary N) is 1. The molecule has 1 N–H and O–H groups in total. The van der Waals surface area contributed by atoms with E-state index in [2.05, 4.69) is 23.5 Å². The Morgan fingerprint density at radius 1 is 1.16 bits per heavy atom. The maximum Gasteiger partial charge on any atom is 0.147 e. The van der Waals surface area contributed by atoms with Crippen molar-refractivity contribution < 1.29 is 4.39 Å². The maximum absolute atomic E-state index is 13.6. The molecule has 0 amide bonds. The average Bonchev–Trinajstić information content (AvgIpc) is 3.23. The fourth-order valence-corrected chi connectivity index (χ4v) is 2.46. The van der Waals surface area contributed by atoms with Crippen molar-refractivity contribution in [3.05, 3.63) is 64.4 Å². The molecule has 0 unspecified atom stereocenters. The van der Waals surface area contributed by atoms with Crippen LogP contribution in [0.5, 0.6) is 0 Å². The van der Waals surface area contributed by atoms with E-state index in [4.69, 9.17) is 11.6 Å². The summed E-state index contributed by atoms with van der Waals surface area (Å²) >= 11 is 5.98. The molecule has 98 valence electrons. The number of para-hydroxylation sites is 1. The molecule has 0 heterocycles. The molecule has 2 aromatic rings. The number of anilines is 1. The molecule has 1 aliphatic rings. The van der Waals surface area contributed by atoms with Gasteiger partial charge in [0.05, 0.1) is 10.7 Å². The van der Waals surface area contributed by atoms with Gasteiger partial charge in [-0.2, -0.15) is 0 Å². The lowest BCUT2D eigenvalue weighted by Gasteiger charge is -2.10. The van der Waals surface area contributed by atoms with Crippen LogP contribution in [0.15, 0.2) is 42.5 Å². The lowest BCUT2D eigenvalue weighted by Crippen LogP contribution is -2.02. The van der Waals surface area contributed by atoms with Crippen molar-refractivity contribution in [1.82, 2.24) is 0 Å². The van der Waals surface area contributed by atoms with E-state index in [0.717, 1.165) is 11.5 Å². The maximum atomic E-state index is 13.6. The topological polar surface area (TPSA) is 12.0 Å². The van der Waals surface area contributed by atoms with Gasteiger partial charge in [-0.1, -0.05) is 41.9 Å². The van der Waals surface area contributed by atoms with Gasteiger partial charge in [0.15, 0.2) is 0 Å². The molecule has 0 spiro atoms. The molecule has 3 rings (SSSR count). The summed E-state index contributed by atoms with van der Waals surface area (Å²) in [5.74, 6) is 0.419. The van der Waals surface area contributed by atoms with Crippen molar-refractivity contribution in [1.29, 1.82) is 0 Å². The zero-order valence-corrected chi connectivity index (χ0v) is 11.3. The number of halogens is 2. The lowest BCUT2D eigenvalue weighted by atomic mass is 10.1. The summed E-state index contributed by atoms with van der Waals surface area (Å²) in [5.41, 5.74) is 2.92. The van der Waals surface area contributed by atoms with Crippen LogP contribution < -0.4 is 5.32 Å². The van der Waals surface area contributed by atoms with Crippen molar-refractivity contribution in [2.24, 2.45) is 0 Å². The van der Waals surface area contributed by atoms with Crippen LogP contribution in [0.3, 0.4) is 0 Å². The summed E-state index contributed by atoms with van der Waals surface area (Å²) < 4.78 is 13.6. The Bertz CT molecular complexity index is 573. The second-order valence-electron chi connectivity index (χ2n) is 4.97. The minimum absolute atomic E-state index is 0.314. The third-order valence-electron chi connectivity index (χ3n) is 3.43. The smallest absolute Gasteiger partial charge is 0.147 e. The van der Waals surface area contributed by atoms with Crippen LogP contribution in [-0.2, 0) is 6.54 Å². The Balaban J connectivity index is 1.73. The molecule has 0 bridgehead atoms. The van der Waals surface area contributed by atoms with Crippen LogP contribution in [0, 0.1) is 5.82 Å². The molecule has 0 saturated heterocycles. The van der Waals surface area contributed by atoms with Crippen molar-refractivity contribution in [2.75, 3.05) is 5.32 Å². The van der Waals surface area contributed by atoms with Crippen molar-refractivity contribution in [3.63, 3.8) is 0 Å². The Labute approximate surface area is 117 Å². The van der Waals surface area contributed by atoms with Crippen LogP contribution in [0.25, 0.3) is 0 Å². The fourth-order valence-electron chi connectivity index (χ4n) is 2.23. The highest BCUT2D eigenvalue weighted by atomic mass is 35.5. The SMILES string of the molecule is Fc1cccc(Cl)c1NCc1cccc(C2CC2)c1. The van der Waals surface area contributed by atoms with Crippen molar-refractivity contribution in [2.45, 2.75) is 25.3 Å². The Kier molecular flexibility index (Phi) is 3.43. The van der Waals surface area contributed by atoms with E-state index in [-0.39, 0.29) is 5.82 Å². The Morgan fingerprint density at radius 3 is 2.68 bits per heavy atom. The van der Waals surface area contributed by atoms with E-state index in [0.29, 0.717) is 17.3 Å². The normalized spacial score (nSPS) is 14.4. The number of rotatable bonds is 4. The van der Waals surface area contributed by atoms with Gasteiger partial charge in [0.1, 0.15) is 5.82 Å². The molecule has 2 aromatic carbocycles. The van der Waals surface area contributed by atoms with Gasteiger partial charge in [0.2, 0.25) is 0 Å². The Hall–Kier alpha value is -1.54. The number of hydrogen-bond acceptors (Lipinski definition) is 1. The predicted molar refractivity (Wildman–Crippen MR) is 77.2 cm³/mol. The van der Waals surface area contributed by atoms with E-state index in [9.17, 15) is 4.39 Å². The van der Waals surface area contributed by atoms with Gasteiger partial charge in [0, 0.05) is 6.54 Å². The largest absolute Gasteiger partial charge is 0.377 e. The zero-order chi connectivity index (χ0) is 13.2. The summed E-state index contributed by atoms with van der Waals surface area (Å²) in [5, 5.41) is 3.49. The number of hydrogen-bond donors (Lipinski definition) is 1. The molecule has 19 heavy (non-hydrogen) atoms. The standard InChI is InChI=1S/C16H15ClFN/c17-14-5-2-6-15(18)16(14)19-10-11-3-1-4-13(9-11)12-7-8-12/h1-6,9,12,19H,7-8,10H2. The van der Waals surface area contributed by atoms with Gasteiger partial charge in [-0.05, 0) is 42.0 Å². The molecule has 0 aromatic heterocycles. The molecule has 0 atom stereocenters. The van der Waals surface area contributed by atoms with Gasteiger partial charge in [-0.3, -0.25) is 0 Å². The first kappa shape index (κ1) is 12.5. The van der Waals surface area contributed by atoms with Crippen molar-refractivity contribution in [3.8, 4) is 0 Å². The second-order valence-corrected chi connectivity index (χ2v) is 5.38. The van der Waals surface area contributed by atoms with Gasteiger partial charge in [0.25, 0.3) is 0 Å². The average molecular weight is 276 g/mol. The van der Waals surface area contributed by atoms with E-state index >= 15 is 0 Å². The quantitative estimate of drug-likeness (QED) is 0.831. The van der Waals surface area contributed by atoms with Crippen LogP contribution in [-0.4, -0.2) is 0 Å². The summed E-state index contributed by atoms with van der Waals surface area (Å²) in [6, 6.07) is 13.2. The minimum Gasteiger partial charge on any atom is -0.377 e. The predicted octanol–water partition coefficient (Wildman–Crippen LogP) is 4.97. The van der Waals surface area contributed by atoms with Crippen LogP contribution in [0.4, 0.5) is 10.1 Å². The summed E-state index contributed by atoms with van der Waals surface area (Å²) in [4.78, 5) is 0. The fraction of sp³-hybridized carbons (Fsp3) is 0.250. The molecule has 1 fully saturated rings. The highest BCUT2D eigenvalue weighted by Crippen LogP contribution is 2.40. The van der Waals surface area contributed by atoms with Crippen LogP contribution >= 0.6 is 11.6 Å². The van der Waals surface area contributed by atoms with Gasteiger partial charge in [-0.15, -0.1) is 0 Å². The van der Waals surface area contributed by atoms with E-state index in [1.165, 1.54) is 24.5 Å². The van der Waals surface area contributed by atoms with E-state index in [1.54, 1.807) is 12.1 Å². The first-order chi connectivity index (χ1) is 9.24. The van der Waals surface area contributed by atoms with E-state index < -0.39 is 0 Å². The summed E-state index contributed by atoms with van der Waals surface area (Å²) in [7, 11) is 0. The highest BCUT2D eigenvalue weighted by Gasteiger charge is 2.23. The van der Waals surface area contributed by atoms with Gasteiger partial charge in [-0.25, -0.2) is 4.39 Å². The molecular weight excluding hydrogens is 261 g/mol. The summed E-state index contributed by atoms with van der Waals surface area (Å²) in [6.07, 6.45) is 2.58. The van der Waals surface area contributed by atoms with Crippen LogP contribution in [0.2, 0.25) is 5.02 Å². The number of benzene rings is 2. The zero-order valence-electron chi connectivity index (χ0n) is 10.5. The van der Waals surface area contributed by atoms with Gasteiger partial charge >= 0.3 is 0 Å². The van der Waals surface area contributed by atoms with Crippen molar-refractivity contribution >= 4 is 17.3 Å². The lowest BCUT2D eigenvalue weighted by molar-refractivity contribution is 0.630. The molecule has 3 heteroatoms.